The van der Waals surface area contributed by atoms with Gasteiger partial charge in [0.25, 0.3) is 0 Å². The lowest BCUT2D eigenvalue weighted by Crippen LogP contribution is -1.80. The average Bonchev–Trinajstić information content (AvgIpc) is 2.83. The van der Waals surface area contributed by atoms with Crippen molar-refractivity contribution in [3.05, 3.63) is 144 Å². The zero-order valence-corrected chi connectivity index (χ0v) is 18.0. The van der Waals surface area contributed by atoms with Crippen molar-refractivity contribution in [2.24, 2.45) is 0 Å². The lowest BCUT2D eigenvalue weighted by atomic mass is 10.2. The monoisotopic (exact) mass is 420 g/mol. The highest BCUT2D eigenvalue weighted by Gasteiger charge is 2.05. The summed E-state index contributed by atoms with van der Waals surface area (Å²) >= 11 is 3.41. The molecule has 0 nitrogen and oxygen atoms in total. The maximum Gasteiger partial charge on any atom is 0.0697 e. The summed E-state index contributed by atoms with van der Waals surface area (Å²) in [5, 5.41) is 0. The first-order chi connectivity index (χ1) is 14.9. The van der Waals surface area contributed by atoms with Gasteiger partial charge in [0.15, 0.2) is 0 Å². The first-order valence-corrected chi connectivity index (χ1v) is 11.3. The van der Waals surface area contributed by atoms with E-state index in [1.165, 1.54) is 9.79 Å². The summed E-state index contributed by atoms with van der Waals surface area (Å²) in [4.78, 5) is 4.46. The highest BCUT2D eigenvalue weighted by Crippen LogP contribution is 2.35. The summed E-state index contributed by atoms with van der Waals surface area (Å²) in [6.07, 6.45) is 0. The Kier molecular flexibility index (Phi) is 7.12. The van der Waals surface area contributed by atoms with Gasteiger partial charge in [-0.1, -0.05) is 132 Å². The van der Waals surface area contributed by atoms with Crippen LogP contribution < -0.4 is 0 Å². The van der Waals surface area contributed by atoms with Crippen LogP contribution >= 0.6 is 23.5 Å². The van der Waals surface area contributed by atoms with Gasteiger partial charge < -0.3 is 0 Å². The Morgan fingerprint density at radius 3 is 1.03 bits per heavy atom. The molecule has 0 radical (unpaired) electrons. The van der Waals surface area contributed by atoms with E-state index in [0.29, 0.717) is 0 Å². The second-order valence-electron chi connectivity index (χ2n) is 6.47. The lowest BCUT2D eigenvalue weighted by molar-refractivity contribution is 1.47. The van der Waals surface area contributed by atoms with Crippen molar-refractivity contribution < 1.29 is 0 Å². The molecule has 144 valence electrons. The number of thioether (sulfide) groups is 2. The molecule has 0 atom stereocenters. The van der Waals surface area contributed by atoms with Crippen LogP contribution in [0.1, 0.15) is 11.1 Å². The molecule has 4 rings (SSSR count). The van der Waals surface area contributed by atoms with Crippen molar-refractivity contribution in [3.63, 3.8) is 0 Å². The van der Waals surface area contributed by atoms with Crippen LogP contribution in [0.25, 0.3) is 9.81 Å². The zero-order chi connectivity index (χ0) is 20.4. The van der Waals surface area contributed by atoms with Crippen molar-refractivity contribution in [2.45, 2.75) is 9.79 Å². The van der Waals surface area contributed by atoms with Gasteiger partial charge in [-0.15, -0.1) is 0 Å². The molecule has 30 heavy (non-hydrogen) atoms. The van der Waals surface area contributed by atoms with Gasteiger partial charge in [-0.25, -0.2) is 0 Å². The van der Waals surface area contributed by atoms with Crippen LogP contribution in [0, 0.1) is 0 Å². The first kappa shape index (κ1) is 20.2. The molecule has 4 aromatic rings. The van der Waals surface area contributed by atoms with Crippen LogP contribution in [-0.2, 0) is 0 Å². The molecule has 2 heteroatoms. The number of hydrogen-bond donors (Lipinski definition) is 0. The van der Waals surface area contributed by atoms with E-state index < -0.39 is 0 Å². The predicted molar refractivity (Wildman–Crippen MR) is 131 cm³/mol. The fourth-order valence-electron chi connectivity index (χ4n) is 2.82. The van der Waals surface area contributed by atoms with Crippen LogP contribution in [0.4, 0.5) is 0 Å². The second kappa shape index (κ2) is 10.6. The van der Waals surface area contributed by atoms with Crippen LogP contribution in [0.5, 0.6) is 0 Å². The molecular weight excluding hydrogens is 400 g/mol. The Bertz CT molecular complexity index is 1070. The maximum atomic E-state index is 3.48. The topological polar surface area (TPSA) is 0 Å². The first-order valence-electron chi connectivity index (χ1n) is 9.71. The van der Waals surface area contributed by atoms with Gasteiger partial charge >= 0.3 is 0 Å². The van der Waals surface area contributed by atoms with Crippen LogP contribution in [0.2, 0.25) is 0 Å². The lowest BCUT2D eigenvalue weighted by Gasteiger charge is -2.06. The fourth-order valence-corrected chi connectivity index (χ4v) is 4.59. The van der Waals surface area contributed by atoms with Crippen molar-refractivity contribution in [2.75, 3.05) is 0 Å². The summed E-state index contributed by atoms with van der Waals surface area (Å²) in [7, 11) is 0. The molecule has 4 aromatic carbocycles. The van der Waals surface area contributed by atoms with E-state index in [1.807, 2.05) is 24.3 Å². The van der Waals surface area contributed by atoms with Crippen molar-refractivity contribution in [1.29, 1.82) is 0 Å². The SMILES string of the molecule is C(=C=C(Sc1ccccc1)c1ccccc1)=C(Sc1ccccc1)c1ccccc1. The zero-order valence-electron chi connectivity index (χ0n) is 16.4. The minimum absolute atomic E-state index is 1.05. The van der Waals surface area contributed by atoms with Gasteiger partial charge in [0.2, 0.25) is 0 Å². The van der Waals surface area contributed by atoms with Crippen LogP contribution in [0.15, 0.2) is 143 Å². The Morgan fingerprint density at radius 1 is 0.400 bits per heavy atom. The molecule has 0 aromatic heterocycles. The Morgan fingerprint density at radius 2 is 0.700 bits per heavy atom. The number of rotatable bonds is 6. The van der Waals surface area contributed by atoms with E-state index in [2.05, 4.69) is 109 Å². The maximum absolute atomic E-state index is 3.48. The summed E-state index contributed by atoms with van der Waals surface area (Å²) < 4.78 is 0. The number of benzene rings is 4. The third-order valence-electron chi connectivity index (χ3n) is 4.29. The van der Waals surface area contributed by atoms with Gasteiger partial charge in [0.05, 0.1) is 9.81 Å². The van der Waals surface area contributed by atoms with E-state index in [0.717, 1.165) is 20.9 Å². The van der Waals surface area contributed by atoms with E-state index in [1.54, 1.807) is 23.5 Å². The highest BCUT2D eigenvalue weighted by molar-refractivity contribution is 8.08. The largest absolute Gasteiger partial charge is 0.0802 e. The smallest absolute Gasteiger partial charge is 0.0697 e. The third kappa shape index (κ3) is 5.70. The summed E-state index contributed by atoms with van der Waals surface area (Å²) in [6, 6.07) is 41.6. The molecule has 0 aliphatic heterocycles. The molecule has 0 aliphatic carbocycles. The molecule has 0 N–H and O–H groups in total. The van der Waals surface area contributed by atoms with Crippen molar-refractivity contribution in [3.8, 4) is 0 Å². The average molecular weight is 421 g/mol. The van der Waals surface area contributed by atoms with Gasteiger partial charge in [-0.3, -0.25) is 0 Å². The molecule has 0 saturated heterocycles. The molecule has 0 bridgehead atoms. The molecular formula is C28H20S2. The summed E-state index contributed by atoms with van der Waals surface area (Å²) in [6.45, 7) is 0. The van der Waals surface area contributed by atoms with E-state index >= 15 is 0 Å². The van der Waals surface area contributed by atoms with Gasteiger partial charge in [-0.2, -0.15) is 0 Å². The molecule has 0 saturated carbocycles. The van der Waals surface area contributed by atoms with Crippen LogP contribution in [0.3, 0.4) is 0 Å². The Hall–Kier alpha value is -3.12. The molecule has 0 amide bonds. The molecule has 0 unspecified atom stereocenters. The van der Waals surface area contributed by atoms with Gasteiger partial charge in [-0.05, 0) is 35.4 Å². The minimum atomic E-state index is 1.05. The fraction of sp³-hybridized carbons (Fsp3) is 0. The second-order valence-corrected chi connectivity index (χ2v) is 8.64. The van der Waals surface area contributed by atoms with Gasteiger partial charge in [0.1, 0.15) is 0 Å². The summed E-state index contributed by atoms with van der Waals surface area (Å²) in [5.41, 5.74) is 9.22. The quantitative estimate of drug-likeness (QED) is 0.227. The van der Waals surface area contributed by atoms with E-state index in [4.69, 9.17) is 0 Å². The molecule has 0 fully saturated rings. The third-order valence-corrected chi connectivity index (χ3v) is 6.39. The molecule has 0 aliphatic rings. The predicted octanol–water partition coefficient (Wildman–Crippen LogP) is 8.41. The standard InChI is InChI=1S/C28H20S2/c1-5-13-23(14-6-1)27(29-25-17-9-3-10-18-25)21-22-28(24-15-7-2-8-16-24)30-26-19-11-4-12-20-26/h1-20H. The normalized spacial score (nSPS) is 10.0. The van der Waals surface area contributed by atoms with E-state index in [9.17, 15) is 0 Å². The van der Waals surface area contributed by atoms with Crippen LogP contribution in [-0.4, -0.2) is 0 Å². The number of hydrogen-bond acceptors (Lipinski definition) is 2. The molecule has 0 heterocycles. The van der Waals surface area contributed by atoms with Gasteiger partial charge in [0, 0.05) is 9.79 Å². The summed E-state index contributed by atoms with van der Waals surface area (Å²) in [5.74, 6) is 0. The Balaban J connectivity index is 1.84. The highest BCUT2D eigenvalue weighted by atomic mass is 32.2. The van der Waals surface area contributed by atoms with E-state index in [-0.39, 0.29) is 0 Å². The van der Waals surface area contributed by atoms with Crippen molar-refractivity contribution >= 4 is 33.3 Å². The molecule has 0 spiro atoms. The Labute approximate surface area is 186 Å². The minimum Gasteiger partial charge on any atom is -0.0802 e. The van der Waals surface area contributed by atoms with Crippen molar-refractivity contribution in [1.82, 2.24) is 0 Å².